The fourth-order valence-electron chi connectivity index (χ4n) is 2.79. The van der Waals surface area contributed by atoms with Crippen LogP contribution >= 0.6 is 0 Å². The highest BCUT2D eigenvalue weighted by Crippen LogP contribution is 2.37. The summed E-state index contributed by atoms with van der Waals surface area (Å²) >= 11 is 0. The minimum absolute atomic E-state index is 0.0279. The molecule has 0 spiro atoms. The van der Waals surface area contributed by atoms with Crippen LogP contribution in [-0.2, 0) is 20.5 Å². The number of rotatable bonds is 7. The molecule has 0 unspecified atom stereocenters. The van der Waals surface area contributed by atoms with Crippen LogP contribution in [0.3, 0.4) is 0 Å². The maximum Gasteiger partial charge on any atom is 0.416 e. The third-order valence-electron chi connectivity index (χ3n) is 4.40. The first-order valence-electron chi connectivity index (χ1n) is 9.40. The third kappa shape index (κ3) is 5.99. The summed E-state index contributed by atoms with van der Waals surface area (Å²) in [5, 5.41) is 4.61. The number of fused-ring (bicyclic) bond motifs is 1. The average Bonchev–Trinajstić information content (AvgIpc) is 3.22. The number of ketones is 1. The number of benzene rings is 2. The Morgan fingerprint density at radius 2 is 1.67 bits per heavy atom. The van der Waals surface area contributed by atoms with E-state index in [1.165, 1.54) is 19.1 Å². The predicted octanol–water partition coefficient (Wildman–Crippen LogP) is 2.55. The van der Waals surface area contributed by atoms with Gasteiger partial charge in [-0.05, 0) is 37.3 Å². The molecule has 1 heterocycles. The number of hydrogen-bond donors (Lipinski definition) is 2. The van der Waals surface area contributed by atoms with Gasteiger partial charge in [-0.2, -0.15) is 13.2 Å². The first kappa shape index (κ1) is 23.6. The molecule has 2 N–H and O–H groups in total. The largest absolute Gasteiger partial charge is 0.454 e. The maximum atomic E-state index is 12.6. The van der Waals surface area contributed by atoms with E-state index in [0.717, 1.165) is 24.3 Å². The molecule has 2 aromatic rings. The number of nitrogens with one attached hydrogen (secondary N) is 2. The van der Waals surface area contributed by atoms with E-state index in [4.69, 9.17) is 14.2 Å². The van der Waals surface area contributed by atoms with Crippen LogP contribution in [0, 0.1) is 0 Å². The van der Waals surface area contributed by atoms with Gasteiger partial charge in [-0.15, -0.1) is 0 Å². The van der Waals surface area contributed by atoms with Crippen molar-refractivity contribution < 1.29 is 46.6 Å². The lowest BCUT2D eigenvalue weighted by Crippen LogP contribution is -2.32. The molecule has 0 saturated heterocycles. The topological polar surface area (TPSA) is 120 Å². The van der Waals surface area contributed by atoms with E-state index in [9.17, 15) is 32.3 Å². The van der Waals surface area contributed by atoms with Crippen molar-refractivity contribution in [1.82, 2.24) is 5.32 Å². The van der Waals surface area contributed by atoms with Gasteiger partial charge in [0.1, 0.15) is 6.54 Å². The molecule has 33 heavy (non-hydrogen) atoms. The number of Topliss-reactive ketones (excluding diaryl/α,β-unsaturated/α-hetero) is 1. The Morgan fingerprint density at radius 3 is 2.27 bits per heavy atom. The number of carbonyl (C=O) groups excluding carboxylic acids is 4. The highest BCUT2D eigenvalue weighted by Gasteiger charge is 2.30. The number of ether oxygens (including phenoxy) is 3. The van der Waals surface area contributed by atoms with Crippen LogP contribution < -0.4 is 20.1 Å². The molecule has 1 aliphatic rings. The Kier molecular flexibility index (Phi) is 6.85. The van der Waals surface area contributed by atoms with Gasteiger partial charge in [-0.25, -0.2) is 0 Å². The Balaban J connectivity index is 1.49. The van der Waals surface area contributed by atoms with Gasteiger partial charge in [-0.1, -0.05) is 0 Å². The Morgan fingerprint density at radius 1 is 1.03 bits per heavy atom. The predicted molar refractivity (Wildman–Crippen MR) is 106 cm³/mol. The second kappa shape index (κ2) is 9.59. The van der Waals surface area contributed by atoms with Crippen LogP contribution in [-0.4, -0.2) is 43.5 Å². The van der Waals surface area contributed by atoms with Crippen molar-refractivity contribution in [2.75, 3.05) is 25.3 Å². The van der Waals surface area contributed by atoms with E-state index in [2.05, 4.69) is 10.6 Å². The van der Waals surface area contributed by atoms with Crippen LogP contribution in [0.15, 0.2) is 36.4 Å². The molecule has 3 rings (SSSR count). The number of carbonyl (C=O) groups is 4. The molecule has 0 aliphatic carbocycles. The first-order chi connectivity index (χ1) is 15.5. The van der Waals surface area contributed by atoms with Crippen molar-refractivity contribution in [2.45, 2.75) is 13.1 Å². The third-order valence-corrected chi connectivity index (χ3v) is 4.40. The van der Waals surface area contributed by atoms with Crippen LogP contribution in [0.1, 0.15) is 33.2 Å². The summed E-state index contributed by atoms with van der Waals surface area (Å²) < 4.78 is 52.8. The highest BCUT2D eigenvalue weighted by molar-refractivity contribution is 6.05. The lowest BCUT2D eigenvalue weighted by Gasteiger charge is -2.11. The summed E-state index contributed by atoms with van der Waals surface area (Å²) in [5.41, 5.74) is -0.695. The molecule has 2 amide bonds. The lowest BCUT2D eigenvalue weighted by molar-refractivity contribution is -0.146. The molecule has 0 fully saturated rings. The van der Waals surface area contributed by atoms with E-state index in [1.807, 2.05) is 0 Å². The van der Waals surface area contributed by atoms with Crippen molar-refractivity contribution >= 4 is 29.3 Å². The highest BCUT2D eigenvalue weighted by atomic mass is 19.4. The summed E-state index contributed by atoms with van der Waals surface area (Å²) in [7, 11) is 0. The number of anilines is 1. The van der Waals surface area contributed by atoms with Crippen molar-refractivity contribution in [3.05, 3.63) is 53.1 Å². The summed E-state index contributed by atoms with van der Waals surface area (Å²) in [6.45, 7) is -0.0525. The van der Waals surface area contributed by atoms with Crippen LogP contribution in [0.25, 0.3) is 0 Å². The van der Waals surface area contributed by atoms with E-state index < -0.39 is 42.7 Å². The SMILES string of the molecule is CC(=O)c1cc2c(cc1NC(=O)COC(=O)CNC(=O)c1ccc(C(F)(F)F)cc1)OCO2. The summed E-state index contributed by atoms with van der Waals surface area (Å²) in [5.74, 6) is -2.16. The molecule has 0 aromatic heterocycles. The number of hydrogen-bond acceptors (Lipinski definition) is 7. The molecule has 0 radical (unpaired) electrons. The molecule has 1 aliphatic heterocycles. The molecule has 12 heteroatoms. The zero-order valence-corrected chi connectivity index (χ0v) is 17.1. The van der Waals surface area contributed by atoms with E-state index in [-0.39, 0.29) is 29.4 Å². The molecular weight excluding hydrogens is 449 g/mol. The minimum atomic E-state index is -4.54. The standard InChI is InChI=1S/C21H17F3N2O7/c1-11(27)14-6-16-17(33-10-32-16)7-15(14)26-18(28)9-31-19(29)8-25-20(30)12-2-4-13(5-3-12)21(22,23)24/h2-7H,8-10H2,1H3,(H,25,30)(H,26,28). The number of halogens is 3. The van der Waals surface area contributed by atoms with Crippen molar-refractivity contribution in [3.8, 4) is 11.5 Å². The number of alkyl halides is 3. The number of amides is 2. The van der Waals surface area contributed by atoms with Crippen LogP contribution in [0.5, 0.6) is 11.5 Å². The molecule has 0 bridgehead atoms. The van der Waals surface area contributed by atoms with Crippen molar-refractivity contribution in [2.24, 2.45) is 0 Å². The van der Waals surface area contributed by atoms with E-state index in [1.54, 1.807) is 0 Å². The van der Waals surface area contributed by atoms with Gasteiger partial charge in [-0.3, -0.25) is 19.2 Å². The van der Waals surface area contributed by atoms with Crippen molar-refractivity contribution in [3.63, 3.8) is 0 Å². The Bertz CT molecular complexity index is 1100. The zero-order chi connectivity index (χ0) is 24.2. The van der Waals surface area contributed by atoms with Crippen LogP contribution in [0.4, 0.5) is 18.9 Å². The second-order valence-corrected chi connectivity index (χ2v) is 6.77. The lowest BCUT2D eigenvalue weighted by atomic mass is 10.1. The first-order valence-corrected chi connectivity index (χ1v) is 9.40. The van der Waals surface area contributed by atoms with Gasteiger partial charge < -0.3 is 24.8 Å². The summed E-state index contributed by atoms with van der Waals surface area (Å²) in [6.07, 6.45) is -4.54. The van der Waals surface area contributed by atoms with Crippen molar-refractivity contribution in [1.29, 1.82) is 0 Å². The minimum Gasteiger partial charge on any atom is -0.454 e. The Labute approximate surface area is 184 Å². The van der Waals surface area contributed by atoms with Gasteiger partial charge in [0.25, 0.3) is 11.8 Å². The summed E-state index contributed by atoms with van der Waals surface area (Å²) in [4.78, 5) is 47.7. The van der Waals surface area contributed by atoms with E-state index >= 15 is 0 Å². The fraction of sp³-hybridized carbons (Fsp3) is 0.238. The summed E-state index contributed by atoms with van der Waals surface area (Å²) in [6, 6.07) is 6.24. The van der Waals surface area contributed by atoms with Crippen LogP contribution in [0.2, 0.25) is 0 Å². The number of esters is 1. The molecule has 2 aromatic carbocycles. The molecule has 174 valence electrons. The van der Waals surface area contributed by atoms with Gasteiger partial charge in [0, 0.05) is 17.2 Å². The van der Waals surface area contributed by atoms with Gasteiger partial charge >= 0.3 is 12.1 Å². The molecular formula is C21H17F3N2O7. The quantitative estimate of drug-likeness (QED) is 0.475. The van der Waals surface area contributed by atoms with E-state index in [0.29, 0.717) is 11.5 Å². The fourth-order valence-corrected chi connectivity index (χ4v) is 2.79. The van der Waals surface area contributed by atoms with Gasteiger partial charge in [0.2, 0.25) is 6.79 Å². The monoisotopic (exact) mass is 466 g/mol. The zero-order valence-electron chi connectivity index (χ0n) is 17.1. The molecule has 0 saturated carbocycles. The average molecular weight is 466 g/mol. The molecule has 9 nitrogen and oxygen atoms in total. The smallest absolute Gasteiger partial charge is 0.416 e. The van der Waals surface area contributed by atoms with Gasteiger partial charge in [0.05, 0.1) is 11.3 Å². The van der Waals surface area contributed by atoms with Gasteiger partial charge in [0.15, 0.2) is 23.9 Å². The molecule has 0 atom stereocenters. The maximum absolute atomic E-state index is 12.6. The Hall–Kier alpha value is -4.09. The second-order valence-electron chi connectivity index (χ2n) is 6.77. The normalized spacial score (nSPS) is 12.1.